The van der Waals surface area contributed by atoms with E-state index in [1.807, 2.05) is 23.0 Å². The van der Waals surface area contributed by atoms with Crippen molar-refractivity contribution in [2.75, 3.05) is 5.75 Å². The minimum absolute atomic E-state index is 0.0610. The molecule has 3 aliphatic carbocycles. The van der Waals surface area contributed by atoms with Crippen molar-refractivity contribution >= 4 is 28.8 Å². The number of benzene rings is 1. The number of oxazole rings is 1. The Hall–Kier alpha value is -3.30. The van der Waals surface area contributed by atoms with E-state index in [1.165, 1.54) is 29.5 Å². The van der Waals surface area contributed by atoms with Gasteiger partial charge >= 0.3 is 0 Å². The SMILES string of the molecule is C=C1CCC2C(C(O)CC3(C)C(C(=O)CSc4nc5ncccc5o4)CCC23)C1(C)Cc1cnn(-c2ccc(F)cc2)c1C. The number of rotatable bonds is 7. The lowest BCUT2D eigenvalue weighted by atomic mass is 9.46. The van der Waals surface area contributed by atoms with E-state index in [0.717, 1.165) is 49.0 Å². The Balaban J connectivity index is 1.10. The highest BCUT2D eigenvalue weighted by molar-refractivity contribution is 7.99. The number of ketones is 1. The third-order valence-electron chi connectivity index (χ3n) is 11.4. The quantitative estimate of drug-likeness (QED) is 0.175. The molecule has 0 saturated heterocycles. The van der Waals surface area contributed by atoms with Crippen molar-refractivity contribution < 1.29 is 18.7 Å². The lowest BCUT2D eigenvalue weighted by Gasteiger charge is -2.59. The fourth-order valence-corrected chi connectivity index (χ4v) is 9.95. The number of aliphatic hydroxyl groups excluding tert-OH is 1. The third kappa shape index (κ3) is 4.74. The van der Waals surface area contributed by atoms with E-state index in [-0.39, 0.29) is 34.3 Å². The second-order valence-electron chi connectivity index (χ2n) is 13.6. The van der Waals surface area contributed by atoms with Gasteiger partial charge in [-0.05, 0) is 116 Å². The number of carbonyl (C=O) groups excluding carboxylic acids is 1. The molecule has 1 N–H and O–H groups in total. The first-order chi connectivity index (χ1) is 21.1. The predicted molar refractivity (Wildman–Crippen MR) is 168 cm³/mol. The van der Waals surface area contributed by atoms with Gasteiger partial charge in [-0.15, -0.1) is 0 Å². The summed E-state index contributed by atoms with van der Waals surface area (Å²) in [5, 5.41) is 17.1. The Morgan fingerprint density at radius 1 is 1.20 bits per heavy atom. The van der Waals surface area contributed by atoms with E-state index in [4.69, 9.17) is 4.42 Å². The molecule has 7 unspecified atom stereocenters. The molecule has 0 radical (unpaired) electrons. The van der Waals surface area contributed by atoms with Gasteiger partial charge in [0.1, 0.15) is 11.6 Å². The Morgan fingerprint density at radius 2 is 2.00 bits per heavy atom. The molecule has 7 atom stereocenters. The van der Waals surface area contributed by atoms with Crippen LogP contribution in [0.25, 0.3) is 16.9 Å². The number of aliphatic hydroxyl groups is 1. The maximum absolute atomic E-state index is 13.7. The average Bonchev–Trinajstić information content (AvgIpc) is 3.68. The van der Waals surface area contributed by atoms with Crippen LogP contribution in [-0.4, -0.2) is 42.5 Å². The van der Waals surface area contributed by atoms with Gasteiger partial charge in [0.25, 0.3) is 5.22 Å². The molecule has 0 amide bonds. The van der Waals surface area contributed by atoms with Crippen molar-refractivity contribution in [1.82, 2.24) is 19.7 Å². The number of aromatic nitrogens is 4. The van der Waals surface area contributed by atoms with Crippen molar-refractivity contribution in [2.24, 2.45) is 34.5 Å². The maximum Gasteiger partial charge on any atom is 0.258 e. The Morgan fingerprint density at radius 3 is 2.77 bits per heavy atom. The van der Waals surface area contributed by atoms with Crippen LogP contribution in [0.15, 0.2) is 70.6 Å². The van der Waals surface area contributed by atoms with Crippen LogP contribution in [0.5, 0.6) is 0 Å². The summed E-state index contributed by atoms with van der Waals surface area (Å²) in [4.78, 5) is 22.4. The van der Waals surface area contributed by atoms with Crippen LogP contribution in [0.2, 0.25) is 0 Å². The zero-order valence-corrected chi connectivity index (χ0v) is 26.3. The molecule has 3 fully saturated rings. The monoisotopic (exact) mass is 614 g/mol. The Kier molecular flexibility index (Phi) is 7.32. The first kappa shape index (κ1) is 29.4. The number of thioether (sulfide) groups is 1. The molecule has 1 aromatic carbocycles. The summed E-state index contributed by atoms with van der Waals surface area (Å²) >= 11 is 1.34. The number of carbonyl (C=O) groups is 1. The first-order valence-electron chi connectivity index (χ1n) is 15.6. The summed E-state index contributed by atoms with van der Waals surface area (Å²) in [5.41, 5.74) is 4.76. The van der Waals surface area contributed by atoms with Crippen molar-refractivity contribution in [3.63, 3.8) is 0 Å². The van der Waals surface area contributed by atoms with E-state index in [2.05, 4.69) is 42.4 Å². The van der Waals surface area contributed by atoms with E-state index >= 15 is 0 Å². The topological polar surface area (TPSA) is 94.0 Å². The minimum atomic E-state index is -0.528. The number of nitrogens with zero attached hydrogens (tertiary/aromatic N) is 4. The van der Waals surface area contributed by atoms with Gasteiger partial charge < -0.3 is 9.52 Å². The maximum atomic E-state index is 13.7. The molecule has 44 heavy (non-hydrogen) atoms. The van der Waals surface area contributed by atoms with Crippen molar-refractivity contribution in [3.05, 3.63) is 78.0 Å². The largest absolute Gasteiger partial charge is 0.430 e. The minimum Gasteiger partial charge on any atom is -0.430 e. The summed E-state index contributed by atoms with van der Waals surface area (Å²) in [6, 6.07) is 10.0. The molecule has 0 bridgehead atoms. The van der Waals surface area contributed by atoms with Crippen molar-refractivity contribution in [2.45, 2.75) is 70.6 Å². The number of pyridine rings is 1. The van der Waals surface area contributed by atoms with E-state index in [0.29, 0.717) is 40.5 Å². The number of Topliss-reactive ketones (excluding diaryl/α,β-unsaturated/α-hetero) is 1. The zero-order valence-electron chi connectivity index (χ0n) is 25.5. The highest BCUT2D eigenvalue weighted by atomic mass is 32.2. The summed E-state index contributed by atoms with van der Waals surface area (Å²) in [6.07, 6.45) is 8.18. The first-order valence-corrected chi connectivity index (χ1v) is 16.6. The van der Waals surface area contributed by atoms with Crippen LogP contribution < -0.4 is 0 Å². The fourth-order valence-electron chi connectivity index (χ4n) is 9.19. The van der Waals surface area contributed by atoms with Gasteiger partial charge in [-0.3, -0.25) is 4.79 Å². The lowest BCUT2D eigenvalue weighted by Crippen LogP contribution is -2.57. The van der Waals surface area contributed by atoms with Gasteiger partial charge in [0.2, 0.25) is 0 Å². The molecule has 3 aromatic heterocycles. The van der Waals surface area contributed by atoms with Gasteiger partial charge in [-0.2, -0.15) is 10.1 Å². The third-order valence-corrected chi connectivity index (χ3v) is 12.2. The second-order valence-corrected chi connectivity index (χ2v) is 14.6. The molecular formula is C35H39FN4O3S. The molecule has 230 valence electrons. The van der Waals surface area contributed by atoms with Crippen molar-refractivity contribution in [3.8, 4) is 5.69 Å². The van der Waals surface area contributed by atoms with Gasteiger partial charge in [-0.25, -0.2) is 14.1 Å². The molecule has 0 aliphatic heterocycles. The molecule has 0 spiro atoms. The molecule has 9 heteroatoms. The van der Waals surface area contributed by atoms with Gasteiger partial charge in [0, 0.05) is 17.8 Å². The normalized spacial score (nSPS) is 31.7. The molecule has 7 rings (SSSR count). The zero-order chi connectivity index (χ0) is 30.8. The smallest absolute Gasteiger partial charge is 0.258 e. The van der Waals surface area contributed by atoms with Crippen LogP contribution in [0.4, 0.5) is 4.39 Å². The molecule has 7 nitrogen and oxygen atoms in total. The van der Waals surface area contributed by atoms with Gasteiger partial charge in [0.05, 0.1) is 23.7 Å². The number of hydrogen-bond acceptors (Lipinski definition) is 7. The second kappa shape index (κ2) is 10.9. The summed E-state index contributed by atoms with van der Waals surface area (Å²) in [6.45, 7) is 11.1. The number of fused-ring (bicyclic) bond motifs is 4. The van der Waals surface area contributed by atoms with Gasteiger partial charge in [0.15, 0.2) is 11.2 Å². The van der Waals surface area contributed by atoms with Crippen LogP contribution in [0, 0.1) is 47.2 Å². The molecule has 4 aromatic rings. The predicted octanol–water partition coefficient (Wildman–Crippen LogP) is 7.15. The van der Waals surface area contributed by atoms with Crippen LogP contribution in [0.1, 0.15) is 57.2 Å². The van der Waals surface area contributed by atoms with E-state index < -0.39 is 6.10 Å². The highest BCUT2D eigenvalue weighted by Gasteiger charge is 2.62. The summed E-state index contributed by atoms with van der Waals surface area (Å²) < 4.78 is 21.2. The highest BCUT2D eigenvalue weighted by Crippen LogP contribution is 2.66. The Bertz CT molecular complexity index is 1700. The number of hydrogen-bond donors (Lipinski definition) is 1. The van der Waals surface area contributed by atoms with Crippen LogP contribution in [0.3, 0.4) is 0 Å². The summed E-state index contributed by atoms with van der Waals surface area (Å²) in [5.74, 6) is 0.906. The standard InChI is InChI=1S/C35H39FN4O3S/c1-20-7-12-25-26-13-14-27(29(42)19-44-33-39-32-30(43-33)6-5-15-37-32)35(26,4)17-28(41)31(25)34(20,3)16-22-18-38-40(21(22)2)24-10-8-23(36)9-11-24/h5-6,8-11,15,18,25-28,31,41H,1,7,12-14,16-17,19H2,2-4H3. The molecule has 3 aliphatic rings. The van der Waals surface area contributed by atoms with Gasteiger partial charge in [-0.1, -0.05) is 37.8 Å². The van der Waals surface area contributed by atoms with Crippen molar-refractivity contribution in [1.29, 1.82) is 0 Å². The molecular weight excluding hydrogens is 575 g/mol. The average molecular weight is 615 g/mol. The van der Waals surface area contributed by atoms with E-state index in [9.17, 15) is 14.3 Å². The fraction of sp³-hybridized carbons (Fsp3) is 0.486. The molecule has 3 heterocycles. The number of halogens is 1. The van der Waals surface area contributed by atoms with Crippen LogP contribution >= 0.6 is 11.8 Å². The Labute approximate surface area is 261 Å². The van der Waals surface area contributed by atoms with Crippen LogP contribution in [-0.2, 0) is 11.2 Å². The summed E-state index contributed by atoms with van der Waals surface area (Å²) in [7, 11) is 0. The lowest BCUT2D eigenvalue weighted by molar-refractivity contribution is -0.140. The van der Waals surface area contributed by atoms with E-state index in [1.54, 1.807) is 18.3 Å². The number of allylic oxidation sites excluding steroid dienone is 1. The molecule has 3 saturated carbocycles.